The molecule has 1 aromatic heterocycles. The number of aromatic nitrogens is 1. The lowest BCUT2D eigenvalue weighted by molar-refractivity contribution is 0.0687. The zero-order valence-electron chi connectivity index (χ0n) is 13.6. The van der Waals surface area contributed by atoms with Crippen molar-refractivity contribution in [1.82, 2.24) is 9.88 Å². The summed E-state index contributed by atoms with van der Waals surface area (Å²) in [7, 11) is 1.58. The summed E-state index contributed by atoms with van der Waals surface area (Å²) in [4.78, 5) is 19.5. The van der Waals surface area contributed by atoms with E-state index in [1.54, 1.807) is 13.2 Å². The van der Waals surface area contributed by atoms with Gasteiger partial charge in [0.15, 0.2) is 0 Å². The molecular formula is C18H22N2O2S. The molecule has 1 saturated heterocycles. The van der Waals surface area contributed by atoms with Gasteiger partial charge < -0.3 is 9.64 Å². The molecule has 0 bridgehead atoms. The largest absolute Gasteiger partial charge is 0.481 e. The summed E-state index contributed by atoms with van der Waals surface area (Å²) in [5, 5.41) is 0.894. The third kappa shape index (κ3) is 3.44. The minimum absolute atomic E-state index is 0.0905. The van der Waals surface area contributed by atoms with Gasteiger partial charge in [0.1, 0.15) is 0 Å². The molecule has 1 aliphatic heterocycles. The number of nitrogens with zero attached hydrogens (tertiary/aromatic N) is 2. The third-order valence-electron chi connectivity index (χ3n) is 4.34. The van der Waals surface area contributed by atoms with Crippen LogP contribution in [0, 0.1) is 5.92 Å². The van der Waals surface area contributed by atoms with Gasteiger partial charge in [0.05, 0.1) is 18.2 Å². The second-order valence-electron chi connectivity index (χ2n) is 5.94. The van der Waals surface area contributed by atoms with Crippen molar-refractivity contribution in [2.75, 3.05) is 32.2 Å². The van der Waals surface area contributed by atoms with Gasteiger partial charge in [-0.05, 0) is 36.8 Å². The van der Waals surface area contributed by atoms with E-state index in [-0.39, 0.29) is 5.91 Å². The number of piperidine rings is 1. The number of thioether (sulfide) groups is 1. The second-order valence-corrected chi connectivity index (χ2v) is 6.85. The molecule has 4 nitrogen and oxygen atoms in total. The lowest BCUT2D eigenvalue weighted by atomic mass is 9.98. The van der Waals surface area contributed by atoms with Gasteiger partial charge in [-0.25, -0.2) is 4.98 Å². The van der Waals surface area contributed by atoms with Gasteiger partial charge in [-0.3, -0.25) is 4.79 Å². The average molecular weight is 330 g/mol. The van der Waals surface area contributed by atoms with E-state index in [2.05, 4.69) is 11.2 Å². The van der Waals surface area contributed by atoms with Gasteiger partial charge in [0.25, 0.3) is 5.91 Å². The maximum absolute atomic E-state index is 13.1. The van der Waals surface area contributed by atoms with Crippen LogP contribution in [0.3, 0.4) is 0 Å². The smallest absolute Gasteiger partial charge is 0.254 e. The van der Waals surface area contributed by atoms with Crippen LogP contribution in [0.15, 0.2) is 30.3 Å². The Labute approximate surface area is 141 Å². The Kier molecular flexibility index (Phi) is 5.06. The average Bonchev–Trinajstić information content (AvgIpc) is 2.60. The Bertz CT molecular complexity index is 702. The van der Waals surface area contributed by atoms with Crippen molar-refractivity contribution in [2.24, 2.45) is 5.92 Å². The van der Waals surface area contributed by atoms with E-state index in [1.165, 1.54) is 6.42 Å². The molecule has 0 aliphatic carbocycles. The van der Waals surface area contributed by atoms with Crippen LogP contribution in [-0.2, 0) is 0 Å². The van der Waals surface area contributed by atoms with Crippen molar-refractivity contribution in [3.63, 3.8) is 0 Å². The molecule has 2 aromatic rings. The molecule has 0 radical (unpaired) electrons. The highest BCUT2D eigenvalue weighted by molar-refractivity contribution is 7.98. The normalized spacial score (nSPS) is 18.2. The predicted octanol–water partition coefficient (Wildman–Crippen LogP) is 3.46. The van der Waals surface area contributed by atoms with E-state index in [9.17, 15) is 4.79 Å². The molecule has 1 amide bonds. The van der Waals surface area contributed by atoms with Crippen LogP contribution in [0.5, 0.6) is 5.88 Å². The molecular weight excluding hydrogens is 308 g/mol. The quantitative estimate of drug-likeness (QED) is 0.861. The monoisotopic (exact) mass is 330 g/mol. The van der Waals surface area contributed by atoms with E-state index in [4.69, 9.17) is 4.74 Å². The highest BCUT2D eigenvalue weighted by Gasteiger charge is 2.25. The Morgan fingerprint density at radius 3 is 3.04 bits per heavy atom. The number of rotatable bonds is 4. The molecule has 122 valence electrons. The summed E-state index contributed by atoms with van der Waals surface area (Å²) in [5.74, 6) is 2.29. The number of methoxy groups -OCH3 is 1. The van der Waals surface area contributed by atoms with E-state index in [0.717, 1.165) is 36.2 Å². The zero-order chi connectivity index (χ0) is 16.2. The number of hydrogen-bond donors (Lipinski definition) is 0. The second kappa shape index (κ2) is 7.21. The lowest BCUT2D eigenvalue weighted by Crippen LogP contribution is -2.40. The number of carbonyl (C=O) groups excluding carboxylic acids is 1. The first kappa shape index (κ1) is 16.1. The number of fused-ring (bicyclic) bond motifs is 1. The molecule has 0 unspecified atom stereocenters. The zero-order valence-corrected chi connectivity index (χ0v) is 14.4. The molecule has 1 fully saturated rings. The number of benzene rings is 1. The van der Waals surface area contributed by atoms with Gasteiger partial charge >= 0.3 is 0 Å². The summed E-state index contributed by atoms with van der Waals surface area (Å²) < 4.78 is 5.27. The number of para-hydroxylation sites is 1. The molecule has 5 heteroatoms. The van der Waals surface area contributed by atoms with Gasteiger partial charge in [0.2, 0.25) is 5.88 Å². The molecule has 0 spiro atoms. The van der Waals surface area contributed by atoms with Crippen molar-refractivity contribution in [1.29, 1.82) is 0 Å². The van der Waals surface area contributed by atoms with E-state index in [0.29, 0.717) is 17.4 Å². The molecule has 3 rings (SSSR count). The Hall–Kier alpha value is -1.75. The Balaban J connectivity index is 1.93. The van der Waals surface area contributed by atoms with Crippen molar-refractivity contribution in [3.05, 3.63) is 35.9 Å². The highest BCUT2D eigenvalue weighted by Crippen LogP contribution is 2.26. The summed E-state index contributed by atoms with van der Waals surface area (Å²) in [6.07, 6.45) is 4.42. The first-order chi connectivity index (χ1) is 11.2. The number of ether oxygens (including phenoxy) is 1. The molecule has 2 heterocycles. The number of amides is 1. The van der Waals surface area contributed by atoms with Gasteiger partial charge in [0, 0.05) is 24.5 Å². The molecule has 23 heavy (non-hydrogen) atoms. The van der Waals surface area contributed by atoms with Crippen LogP contribution in [0.2, 0.25) is 0 Å². The minimum atomic E-state index is 0.0905. The number of hydrogen-bond acceptors (Lipinski definition) is 4. The number of likely N-dealkylation sites (tertiary alicyclic amines) is 1. The minimum Gasteiger partial charge on any atom is -0.481 e. The van der Waals surface area contributed by atoms with Crippen LogP contribution >= 0.6 is 11.8 Å². The summed E-state index contributed by atoms with van der Waals surface area (Å²) in [6.45, 7) is 1.68. The topological polar surface area (TPSA) is 42.4 Å². The van der Waals surface area contributed by atoms with E-state index < -0.39 is 0 Å². The van der Waals surface area contributed by atoms with Gasteiger partial charge in [-0.2, -0.15) is 11.8 Å². The summed E-state index contributed by atoms with van der Waals surface area (Å²) >= 11 is 1.86. The van der Waals surface area contributed by atoms with E-state index in [1.807, 2.05) is 40.9 Å². The molecule has 1 atom stereocenters. The van der Waals surface area contributed by atoms with Crippen LogP contribution in [0.4, 0.5) is 0 Å². The lowest BCUT2D eigenvalue weighted by Gasteiger charge is -2.32. The number of carbonyl (C=O) groups is 1. The van der Waals surface area contributed by atoms with Crippen molar-refractivity contribution in [2.45, 2.75) is 12.8 Å². The Morgan fingerprint density at radius 1 is 1.43 bits per heavy atom. The Morgan fingerprint density at radius 2 is 2.26 bits per heavy atom. The highest BCUT2D eigenvalue weighted by atomic mass is 32.2. The van der Waals surface area contributed by atoms with Crippen LogP contribution in [0.25, 0.3) is 10.9 Å². The molecule has 1 aliphatic rings. The SMILES string of the molecule is COc1cc(C(=O)N2CCC[C@H](CSC)C2)c2ccccc2n1. The molecule has 0 N–H and O–H groups in total. The van der Waals surface area contributed by atoms with Crippen LogP contribution in [0.1, 0.15) is 23.2 Å². The van der Waals surface area contributed by atoms with Crippen molar-refractivity contribution >= 4 is 28.6 Å². The third-order valence-corrected chi connectivity index (χ3v) is 5.15. The van der Waals surface area contributed by atoms with Crippen LogP contribution in [-0.4, -0.2) is 48.0 Å². The molecule has 1 aromatic carbocycles. The fourth-order valence-electron chi connectivity index (χ4n) is 3.22. The van der Waals surface area contributed by atoms with Crippen molar-refractivity contribution < 1.29 is 9.53 Å². The maximum atomic E-state index is 13.1. The first-order valence-corrected chi connectivity index (χ1v) is 9.34. The van der Waals surface area contributed by atoms with E-state index >= 15 is 0 Å². The molecule has 0 saturated carbocycles. The fourth-order valence-corrected chi connectivity index (χ4v) is 3.97. The van der Waals surface area contributed by atoms with Crippen molar-refractivity contribution in [3.8, 4) is 5.88 Å². The van der Waals surface area contributed by atoms with Gasteiger partial charge in [-0.1, -0.05) is 18.2 Å². The fraction of sp³-hybridized carbons (Fsp3) is 0.444. The standard InChI is InChI=1S/C18H22N2O2S/c1-22-17-10-15(14-7-3-4-8-16(14)19-17)18(21)20-9-5-6-13(11-20)12-23-2/h3-4,7-8,10,13H,5-6,9,11-12H2,1-2H3/t13-/m0/s1. The maximum Gasteiger partial charge on any atom is 0.254 e. The first-order valence-electron chi connectivity index (χ1n) is 7.95. The van der Waals surface area contributed by atoms with Crippen LogP contribution < -0.4 is 4.74 Å². The summed E-state index contributed by atoms with van der Waals surface area (Å²) in [5.41, 5.74) is 1.49. The number of pyridine rings is 1. The van der Waals surface area contributed by atoms with Gasteiger partial charge in [-0.15, -0.1) is 0 Å². The predicted molar refractivity (Wildman–Crippen MR) is 95.3 cm³/mol. The summed E-state index contributed by atoms with van der Waals surface area (Å²) in [6, 6.07) is 9.51.